The molecule has 0 unspecified atom stereocenters. The number of nitrogens with zero attached hydrogens (tertiary/aromatic N) is 1. The number of aromatic nitrogens is 2. The second-order valence-corrected chi connectivity index (χ2v) is 3.21. The fraction of sp³-hybridized carbons (Fsp3) is 0. The Morgan fingerprint density at radius 3 is 2.81 bits per heavy atom. The molecule has 0 aliphatic rings. The maximum Gasteiger partial charge on any atom is 0.353 e. The number of nitrogen functional groups attached to an aromatic ring is 1. The number of carboxylic acid groups (broad SMARTS) is 1. The van der Waals surface area contributed by atoms with Gasteiger partial charge in [-0.05, 0) is 24.3 Å². The van der Waals surface area contributed by atoms with Crippen LogP contribution in [0.4, 0.5) is 10.1 Å². The minimum atomic E-state index is -1.15. The van der Waals surface area contributed by atoms with E-state index in [1.807, 2.05) is 0 Å². The molecular weight excluding hydrogens is 213 g/mol. The van der Waals surface area contributed by atoms with E-state index in [2.05, 4.69) is 10.2 Å². The molecule has 2 rings (SSSR count). The van der Waals surface area contributed by atoms with Crippen molar-refractivity contribution < 1.29 is 14.3 Å². The molecule has 5 nitrogen and oxygen atoms in total. The van der Waals surface area contributed by atoms with Gasteiger partial charge in [-0.25, -0.2) is 9.18 Å². The highest BCUT2D eigenvalue weighted by atomic mass is 19.1. The van der Waals surface area contributed by atoms with Gasteiger partial charge in [0.05, 0.1) is 5.69 Å². The maximum absolute atomic E-state index is 13.4. The molecule has 82 valence electrons. The highest BCUT2D eigenvalue weighted by Gasteiger charge is 2.12. The van der Waals surface area contributed by atoms with Crippen molar-refractivity contribution in [3.63, 3.8) is 0 Å². The molecule has 0 fully saturated rings. The van der Waals surface area contributed by atoms with E-state index in [1.54, 1.807) is 0 Å². The number of aromatic amines is 1. The van der Waals surface area contributed by atoms with Crippen LogP contribution < -0.4 is 5.73 Å². The minimum absolute atomic E-state index is 0.100. The molecule has 4 N–H and O–H groups in total. The third-order valence-electron chi connectivity index (χ3n) is 2.07. The Bertz CT molecular complexity index is 551. The molecule has 0 atom stereocenters. The van der Waals surface area contributed by atoms with Crippen molar-refractivity contribution in [1.82, 2.24) is 10.2 Å². The Morgan fingerprint density at radius 1 is 1.44 bits per heavy atom. The normalized spacial score (nSPS) is 10.3. The molecule has 0 aliphatic heterocycles. The zero-order valence-electron chi connectivity index (χ0n) is 8.07. The molecule has 1 heterocycles. The molecule has 1 aromatic carbocycles. The number of hydrogen-bond donors (Lipinski definition) is 3. The zero-order valence-corrected chi connectivity index (χ0v) is 8.07. The number of hydrogen-bond acceptors (Lipinski definition) is 3. The first kappa shape index (κ1) is 10.2. The lowest BCUT2D eigenvalue weighted by atomic mass is 10.1. The van der Waals surface area contributed by atoms with Crippen molar-refractivity contribution >= 4 is 11.7 Å². The topological polar surface area (TPSA) is 92.0 Å². The molecule has 0 aliphatic carbocycles. The molecule has 16 heavy (non-hydrogen) atoms. The van der Waals surface area contributed by atoms with Crippen molar-refractivity contribution in [2.45, 2.75) is 0 Å². The van der Waals surface area contributed by atoms with Crippen molar-refractivity contribution in [2.24, 2.45) is 0 Å². The lowest BCUT2D eigenvalue weighted by molar-refractivity contribution is 0.0690. The predicted molar refractivity (Wildman–Crippen MR) is 55.4 cm³/mol. The second-order valence-electron chi connectivity index (χ2n) is 3.21. The van der Waals surface area contributed by atoms with Gasteiger partial charge in [0, 0.05) is 11.3 Å². The molecule has 0 radical (unpaired) electrons. The van der Waals surface area contributed by atoms with Crippen LogP contribution in [0.15, 0.2) is 24.3 Å². The van der Waals surface area contributed by atoms with Gasteiger partial charge in [0.15, 0.2) is 0 Å². The van der Waals surface area contributed by atoms with Gasteiger partial charge in [0.25, 0.3) is 0 Å². The van der Waals surface area contributed by atoms with E-state index < -0.39 is 11.8 Å². The smallest absolute Gasteiger partial charge is 0.353 e. The van der Waals surface area contributed by atoms with Crippen LogP contribution >= 0.6 is 0 Å². The van der Waals surface area contributed by atoms with Crippen molar-refractivity contribution in [1.29, 1.82) is 0 Å². The molecule has 6 heteroatoms. The molecule has 0 bridgehead atoms. The highest BCUT2D eigenvalue weighted by molar-refractivity contribution is 5.87. The van der Waals surface area contributed by atoms with E-state index in [0.29, 0.717) is 5.69 Å². The Morgan fingerprint density at radius 2 is 2.19 bits per heavy atom. The molecule has 0 saturated carbocycles. The van der Waals surface area contributed by atoms with Gasteiger partial charge >= 0.3 is 5.97 Å². The van der Waals surface area contributed by atoms with E-state index >= 15 is 0 Å². The van der Waals surface area contributed by atoms with Crippen molar-refractivity contribution in [3.05, 3.63) is 35.8 Å². The largest absolute Gasteiger partial charge is 0.477 e. The van der Waals surface area contributed by atoms with Gasteiger partial charge in [0.1, 0.15) is 11.5 Å². The highest BCUT2D eigenvalue weighted by Crippen LogP contribution is 2.23. The standard InChI is InChI=1S/C10H8FN3O2/c11-7-2-1-5(12)3-6(7)8-4-9(10(15)16)14-13-8/h1-4H,12H2,(H,13,14)(H,15,16). The molecule has 0 saturated heterocycles. The summed E-state index contributed by atoms with van der Waals surface area (Å²) in [4.78, 5) is 10.6. The van der Waals surface area contributed by atoms with Gasteiger partial charge in [-0.3, -0.25) is 5.10 Å². The van der Waals surface area contributed by atoms with Crippen LogP contribution in [-0.4, -0.2) is 21.3 Å². The van der Waals surface area contributed by atoms with Crippen LogP contribution in [0.2, 0.25) is 0 Å². The van der Waals surface area contributed by atoms with E-state index in [-0.39, 0.29) is 17.0 Å². The third-order valence-corrected chi connectivity index (χ3v) is 2.07. The van der Waals surface area contributed by atoms with Crippen LogP contribution in [0.25, 0.3) is 11.3 Å². The Balaban J connectivity index is 2.50. The molecule has 2 aromatic rings. The number of halogens is 1. The number of rotatable bonds is 2. The monoisotopic (exact) mass is 221 g/mol. The number of aromatic carboxylic acids is 1. The number of benzene rings is 1. The summed E-state index contributed by atoms with van der Waals surface area (Å²) in [5, 5.41) is 14.7. The van der Waals surface area contributed by atoms with E-state index in [9.17, 15) is 9.18 Å². The minimum Gasteiger partial charge on any atom is -0.477 e. The quantitative estimate of drug-likeness (QED) is 0.670. The van der Waals surface area contributed by atoms with Gasteiger partial charge < -0.3 is 10.8 Å². The average molecular weight is 221 g/mol. The third kappa shape index (κ3) is 1.72. The predicted octanol–water partition coefficient (Wildman–Crippen LogP) is 1.50. The number of nitrogens with one attached hydrogen (secondary N) is 1. The van der Waals surface area contributed by atoms with Crippen LogP contribution in [0.3, 0.4) is 0 Å². The second kappa shape index (κ2) is 3.65. The number of anilines is 1. The first-order valence-corrected chi connectivity index (χ1v) is 4.42. The zero-order chi connectivity index (χ0) is 11.7. The molecule has 0 spiro atoms. The summed E-state index contributed by atoms with van der Waals surface area (Å²) in [6, 6.07) is 5.28. The Kier molecular flexibility index (Phi) is 2.32. The number of H-pyrrole nitrogens is 1. The Labute approximate surface area is 89.7 Å². The first-order chi connectivity index (χ1) is 7.58. The maximum atomic E-state index is 13.4. The fourth-order valence-corrected chi connectivity index (χ4v) is 1.31. The van der Waals surface area contributed by atoms with Crippen LogP contribution in [0.5, 0.6) is 0 Å². The van der Waals surface area contributed by atoms with Crippen molar-refractivity contribution in [3.8, 4) is 11.3 Å². The number of carboxylic acids is 1. The summed E-state index contributed by atoms with van der Waals surface area (Å²) in [7, 11) is 0. The summed E-state index contributed by atoms with van der Waals surface area (Å²) in [5.41, 5.74) is 6.18. The lowest BCUT2D eigenvalue weighted by Crippen LogP contribution is -1.95. The summed E-state index contributed by atoms with van der Waals surface area (Å²) in [6.07, 6.45) is 0. The SMILES string of the molecule is Nc1ccc(F)c(-c2cc(C(=O)O)[nH]n2)c1. The first-order valence-electron chi connectivity index (χ1n) is 4.42. The summed E-state index contributed by atoms with van der Waals surface area (Å²) in [6.45, 7) is 0. The van der Waals surface area contributed by atoms with Crippen LogP contribution in [-0.2, 0) is 0 Å². The summed E-state index contributed by atoms with van der Waals surface area (Å²) < 4.78 is 13.4. The number of nitrogens with two attached hydrogens (primary N) is 1. The summed E-state index contributed by atoms with van der Waals surface area (Å²) >= 11 is 0. The van der Waals surface area contributed by atoms with Gasteiger partial charge in [-0.15, -0.1) is 0 Å². The van der Waals surface area contributed by atoms with Gasteiger partial charge in [0.2, 0.25) is 0 Å². The van der Waals surface area contributed by atoms with Crippen LogP contribution in [0, 0.1) is 5.82 Å². The van der Waals surface area contributed by atoms with Gasteiger partial charge in [-0.2, -0.15) is 5.10 Å². The number of carbonyl (C=O) groups is 1. The average Bonchev–Trinajstić information content (AvgIpc) is 2.70. The van der Waals surface area contributed by atoms with Gasteiger partial charge in [-0.1, -0.05) is 0 Å². The van der Waals surface area contributed by atoms with E-state index in [0.717, 1.165) is 0 Å². The fourth-order valence-electron chi connectivity index (χ4n) is 1.31. The molecule has 1 aromatic heterocycles. The van der Waals surface area contributed by atoms with Crippen molar-refractivity contribution in [2.75, 3.05) is 5.73 Å². The van der Waals surface area contributed by atoms with E-state index in [4.69, 9.17) is 10.8 Å². The molecular formula is C10H8FN3O2. The summed E-state index contributed by atoms with van der Waals surface area (Å²) in [5.74, 6) is -1.65. The molecule has 0 amide bonds. The lowest BCUT2D eigenvalue weighted by Gasteiger charge is -1.99. The van der Waals surface area contributed by atoms with Crippen LogP contribution in [0.1, 0.15) is 10.5 Å². The Hall–Kier alpha value is -2.37. The van der Waals surface area contributed by atoms with E-state index in [1.165, 1.54) is 24.3 Å².